The van der Waals surface area contributed by atoms with Crippen molar-refractivity contribution in [2.75, 3.05) is 6.54 Å². The smallest absolute Gasteiger partial charge is 0.154 e. The zero-order valence-corrected chi connectivity index (χ0v) is 13.7. The molecule has 0 aliphatic carbocycles. The quantitative estimate of drug-likeness (QED) is 0.555. The molecule has 0 saturated carbocycles. The summed E-state index contributed by atoms with van der Waals surface area (Å²) >= 11 is 0. The highest BCUT2D eigenvalue weighted by Gasteiger charge is 2.05. The lowest BCUT2D eigenvalue weighted by Crippen LogP contribution is -2.17. The Bertz CT molecular complexity index is 968. The van der Waals surface area contributed by atoms with Crippen LogP contribution >= 0.6 is 0 Å². The SMILES string of the molecule is Cc1nc2ccccc2n1CCCNCc1cnc2ccnn2c1. The predicted molar refractivity (Wildman–Crippen MR) is 93.8 cm³/mol. The van der Waals surface area contributed by atoms with Crippen LogP contribution in [0.15, 0.2) is 48.9 Å². The second-order valence-corrected chi connectivity index (χ2v) is 5.93. The van der Waals surface area contributed by atoms with Gasteiger partial charge >= 0.3 is 0 Å². The van der Waals surface area contributed by atoms with Crippen LogP contribution < -0.4 is 5.32 Å². The normalized spacial score (nSPS) is 11.5. The van der Waals surface area contributed by atoms with E-state index in [0.717, 1.165) is 48.6 Å². The molecule has 0 saturated heterocycles. The molecule has 4 rings (SSSR count). The molecule has 3 aromatic heterocycles. The molecule has 0 unspecified atom stereocenters. The van der Waals surface area contributed by atoms with Crippen LogP contribution in [0.3, 0.4) is 0 Å². The summed E-state index contributed by atoms with van der Waals surface area (Å²) in [5, 5.41) is 7.69. The topological polar surface area (TPSA) is 60.0 Å². The molecule has 122 valence electrons. The third-order valence-corrected chi connectivity index (χ3v) is 4.21. The van der Waals surface area contributed by atoms with Crippen molar-refractivity contribution in [2.45, 2.75) is 26.4 Å². The van der Waals surface area contributed by atoms with Crippen LogP contribution in [-0.4, -0.2) is 30.7 Å². The van der Waals surface area contributed by atoms with Crippen LogP contribution in [-0.2, 0) is 13.1 Å². The number of hydrogen-bond donors (Lipinski definition) is 1. The average molecular weight is 320 g/mol. The lowest BCUT2D eigenvalue weighted by molar-refractivity contribution is 0.579. The van der Waals surface area contributed by atoms with Crippen molar-refractivity contribution in [3.63, 3.8) is 0 Å². The molecule has 0 aliphatic heterocycles. The fourth-order valence-corrected chi connectivity index (χ4v) is 3.01. The number of hydrogen-bond acceptors (Lipinski definition) is 4. The van der Waals surface area contributed by atoms with Gasteiger partial charge in [0.2, 0.25) is 0 Å². The molecule has 0 fully saturated rings. The Morgan fingerprint density at radius 2 is 2.08 bits per heavy atom. The molecule has 3 heterocycles. The van der Waals surface area contributed by atoms with E-state index in [1.807, 2.05) is 24.5 Å². The summed E-state index contributed by atoms with van der Waals surface area (Å²) in [4.78, 5) is 8.98. The third kappa shape index (κ3) is 2.88. The lowest BCUT2D eigenvalue weighted by Gasteiger charge is -2.08. The molecular formula is C18H20N6. The van der Waals surface area contributed by atoms with Crippen molar-refractivity contribution >= 4 is 16.7 Å². The minimum absolute atomic E-state index is 0.798. The van der Waals surface area contributed by atoms with Gasteiger partial charge in [-0.1, -0.05) is 12.1 Å². The Balaban J connectivity index is 1.32. The Hall–Kier alpha value is -2.73. The highest BCUT2D eigenvalue weighted by Crippen LogP contribution is 2.15. The molecule has 0 spiro atoms. The summed E-state index contributed by atoms with van der Waals surface area (Å²) in [6.45, 7) is 4.78. The van der Waals surface area contributed by atoms with Gasteiger partial charge in [-0.15, -0.1) is 0 Å². The number of para-hydroxylation sites is 2. The number of fused-ring (bicyclic) bond motifs is 2. The van der Waals surface area contributed by atoms with Gasteiger partial charge in [-0.05, 0) is 32.0 Å². The maximum Gasteiger partial charge on any atom is 0.154 e. The van der Waals surface area contributed by atoms with Crippen LogP contribution in [0.1, 0.15) is 17.8 Å². The van der Waals surface area contributed by atoms with Gasteiger partial charge in [0.1, 0.15) is 5.82 Å². The van der Waals surface area contributed by atoms with Crippen LogP contribution in [0, 0.1) is 6.92 Å². The molecular weight excluding hydrogens is 300 g/mol. The molecule has 1 aromatic carbocycles. The molecule has 6 nitrogen and oxygen atoms in total. The maximum atomic E-state index is 4.61. The van der Waals surface area contributed by atoms with E-state index in [4.69, 9.17) is 0 Å². The van der Waals surface area contributed by atoms with Crippen molar-refractivity contribution in [3.05, 3.63) is 60.3 Å². The van der Waals surface area contributed by atoms with Crippen LogP contribution in [0.25, 0.3) is 16.7 Å². The summed E-state index contributed by atoms with van der Waals surface area (Å²) < 4.78 is 4.09. The van der Waals surface area contributed by atoms with E-state index < -0.39 is 0 Å². The minimum atomic E-state index is 0.798. The van der Waals surface area contributed by atoms with Crippen molar-refractivity contribution in [1.82, 2.24) is 29.5 Å². The van der Waals surface area contributed by atoms with E-state index >= 15 is 0 Å². The first kappa shape index (κ1) is 14.8. The molecule has 0 bridgehead atoms. The number of nitrogens with one attached hydrogen (secondary N) is 1. The van der Waals surface area contributed by atoms with Gasteiger partial charge in [0.15, 0.2) is 5.65 Å². The van der Waals surface area contributed by atoms with Crippen molar-refractivity contribution in [1.29, 1.82) is 0 Å². The Labute approximate surface area is 140 Å². The van der Waals surface area contributed by atoms with Gasteiger partial charge in [0.05, 0.1) is 17.2 Å². The highest BCUT2D eigenvalue weighted by molar-refractivity contribution is 5.75. The van der Waals surface area contributed by atoms with Gasteiger partial charge in [0, 0.05) is 37.1 Å². The molecule has 6 heteroatoms. The summed E-state index contributed by atoms with van der Waals surface area (Å²) in [6, 6.07) is 10.2. The van der Waals surface area contributed by atoms with Gasteiger partial charge in [-0.25, -0.2) is 14.5 Å². The van der Waals surface area contributed by atoms with Crippen LogP contribution in [0.4, 0.5) is 0 Å². The average Bonchev–Trinajstić information content (AvgIpc) is 3.18. The molecule has 1 N–H and O–H groups in total. The Morgan fingerprint density at radius 1 is 1.17 bits per heavy atom. The third-order valence-electron chi connectivity index (χ3n) is 4.21. The summed E-state index contributed by atoms with van der Waals surface area (Å²) in [7, 11) is 0. The summed E-state index contributed by atoms with van der Waals surface area (Å²) in [5.41, 5.74) is 4.29. The number of nitrogens with zero attached hydrogens (tertiary/aromatic N) is 5. The van der Waals surface area contributed by atoms with Gasteiger partial charge in [-0.2, -0.15) is 5.10 Å². The molecule has 0 radical (unpaired) electrons. The maximum absolute atomic E-state index is 4.61. The first-order chi connectivity index (χ1) is 11.8. The minimum Gasteiger partial charge on any atom is -0.328 e. The largest absolute Gasteiger partial charge is 0.328 e. The zero-order valence-electron chi connectivity index (χ0n) is 13.7. The molecule has 24 heavy (non-hydrogen) atoms. The number of aromatic nitrogens is 5. The van der Waals surface area contributed by atoms with Crippen LogP contribution in [0.5, 0.6) is 0 Å². The number of benzene rings is 1. The van der Waals surface area contributed by atoms with Crippen molar-refractivity contribution < 1.29 is 0 Å². The monoisotopic (exact) mass is 320 g/mol. The van der Waals surface area contributed by atoms with E-state index in [1.165, 1.54) is 5.52 Å². The second kappa shape index (κ2) is 6.41. The Morgan fingerprint density at radius 3 is 3.04 bits per heavy atom. The van der Waals surface area contributed by atoms with Crippen molar-refractivity contribution in [2.24, 2.45) is 0 Å². The molecule has 0 atom stereocenters. The molecule has 4 aromatic rings. The van der Waals surface area contributed by atoms with Crippen LogP contribution in [0.2, 0.25) is 0 Å². The first-order valence-electron chi connectivity index (χ1n) is 8.22. The number of imidazole rings is 1. The van der Waals surface area contributed by atoms with E-state index in [0.29, 0.717) is 0 Å². The van der Waals surface area contributed by atoms with Gasteiger partial charge in [0.25, 0.3) is 0 Å². The van der Waals surface area contributed by atoms with E-state index in [9.17, 15) is 0 Å². The predicted octanol–water partition coefficient (Wildman–Crippen LogP) is 2.57. The fourth-order valence-electron chi connectivity index (χ4n) is 3.01. The Kier molecular flexibility index (Phi) is 3.96. The van der Waals surface area contributed by atoms with E-state index in [1.54, 1.807) is 10.7 Å². The van der Waals surface area contributed by atoms with Gasteiger partial charge < -0.3 is 9.88 Å². The van der Waals surface area contributed by atoms with Crippen molar-refractivity contribution in [3.8, 4) is 0 Å². The lowest BCUT2D eigenvalue weighted by atomic mass is 10.3. The fraction of sp³-hybridized carbons (Fsp3) is 0.278. The highest BCUT2D eigenvalue weighted by atomic mass is 15.2. The first-order valence-corrected chi connectivity index (χ1v) is 8.22. The molecule has 0 amide bonds. The second-order valence-electron chi connectivity index (χ2n) is 5.93. The standard InChI is InChI=1S/C18H20N6/c1-14-22-16-5-2-3-6-17(16)23(14)10-4-8-19-11-15-12-20-18-7-9-21-24(18)13-15/h2-3,5-7,9,12-13,19H,4,8,10-11H2,1H3. The van der Waals surface area contributed by atoms with E-state index in [-0.39, 0.29) is 0 Å². The molecule has 0 aliphatic rings. The number of aryl methyl sites for hydroxylation is 2. The number of rotatable bonds is 6. The zero-order chi connectivity index (χ0) is 16.4. The van der Waals surface area contributed by atoms with E-state index in [2.05, 4.69) is 50.1 Å². The summed E-state index contributed by atoms with van der Waals surface area (Å²) in [5.74, 6) is 1.07. The summed E-state index contributed by atoms with van der Waals surface area (Å²) in [6.07, 6.45) is 6.73. The van der Waals surface area contributed by atoms with Gasteiger partial charge in [-0.3, -0.25) is 0 Å².